The lowest BCUT2D eigenvalue weighted by Gasteiger charge is -2.24. The fourth-order valence-corrected chi connectivity index (χ4v) is 3.93. The maximum atomic E-state index is 12.3. The van der Waals surface area contributed by atoms with Gasteiger partial charge < -0.3 is 5.32 Å². The number of carbonyl (C=O) groups is 1. The Balaban J connectivity index is 1.71. The number of nitrogens with zero attached hydrogens (tertiary/aromatic N) is 2. The van der Waals surface area contributed by atoms with E-state index < -0.39 is 5.69 Å². The quantitative estimate of drug-likeness (QED) is 0.920. The van der Waals surface area contributed by atoms with E-state index in [4.69, 9.17) is 0 Å². The number of hydrogen-bond donors (Lipinski definition) is 1. The number of hydrogen-bond acceptors (Lipinski definition) is 4. The lowest BCUT2D eigenvalue weighted by molar-refractivity contribution is -0.122. The second-order valence-corrected chi connectivity index (χ2v) is 6.61. The van der Waals surface area contributed by atoms with Crippen LogP contribution in [-0.2, 0) is 11.3 Å². The van der Waals surface area contributed by atoms with Crippen molar-refractivity contribution in [3.63, 3.8) is 0 Å². The number of aromatic nitrogens is 2. The van der Waals surface area contributed by atoms with Crippen LogP contribution in [0.15, 0.2) is 40.8 Å². The zero-order valence-corrected chi connectivity index (χ0v) is 13.1. The number of carbonyl (C=O) groups excluding carboxylic acids is 1. The summed E-state index contributed by atoms with van der Waals surface area (Å²) in [6.07, 6.45) is 7.77. The van der Waals surface area contributed by atoms with Crippen molar-refractivity contribution in [1.29, 1.82) is 0 Å². The molecule has 0 saturated heterocycles. The van der Waals surface area contributed by atoms with Gasteiger partial charge in [0.2, 0.25) is 5.91 Å². The number of amides is 1. The summed E-state index contributed by atoms with van der Waals surface area (Å²) in [6, 6.07) is 5.80. The molecule has 0 radical (unpaired) electrons. The highest BCUT2D eigenvalue weighted by molar-refractivity contribution is 7.10. The third kappa shape index (κ3) is 3.44. The van der Waals surface area contributed by atoms with Gasteiger partial charge in [-0.25, -0.2) is 9.78 Å². The van der Waals surface area contributed by atoms with Crippen LogP contribution in [0, 0.1) is 5.92 Å². The molecule has 1 aliphatic carbocycles. The third-order valence-electron chi connectivity index (χ3n) is 4.13. The molecule has 1 aliphatic rings. The van der Waals surface area contributed by atoms with Crippen molar-refractivity contribution in [2.45, 2.75) is 38.3 Å². The molecule has 22 heavy (non-hydrogen) atoms. The summed E-state index contributed by atoms with van der Waals surface area (Å²) in [5.74, 6) is 0.355. The van der Waals surface area contributed by atoms with E-state index in [1.807, 2.05) is 11.4 Å². The molecule has 1 fully saturated rings. The molecule has 1 saturated carbocycles. The van der Waals surface area contributed by atoms with Crippen LogP contribution in [0.2, 0.25) is 0 Å². The number of rotatable bonds is 5. The highest BCUT2D eigenvalue weighted by atomic mass is 32.1. The minimum Gasteiger partial charge on any atom is -0.347 e. The van der Waals surface area contributed by atoms with Gasteiger partial charge in [-0.1, -0.05) is 18.9 Å². The van der Waals surface area contributed by atoms with Crippen LogP contribution in [0.3, 0.4) is 0 Å². The molecule has 2 aromatic heterocycles. The van der Waals surface area contributed by atoms with Crippen molar-refractivity contribution < 1.29 is 4.79 Å². The van der Waals surface area contributed by atoms with Gasteiger partial charge in [0.15, 0.2) is 0 Å². The van der Waals surface area contributed by atoms with E-state index in [1.165, 1.54) is 28.5 Å². The first kappa shape index (κ1) is 15.0. The van der Waals surface area contributed by atoms with Gasteiger partial charge in [0.25, 0.3) is 0 Å². The fraction of sp³-hybridized carbons (Fsp3) is 0.438. The Morgan fingerprint density at radius 1 is 1.41 bits per heavy atom. The van der Waals surface area contributed by atoms with Crippen LogP contribution < -0.4 is 11.0 Å². The molecule has 116 valence electrons. The average Bonchev–Trinajstić information content (AvgIpc) is 3.21. The van der Waals surface area contributed by atoms with Crippen LogP contribution in [0.25, 0.3) is 0 Å². The number of nitrogens with one attached hydrogen (secondary N) is 1. The van der Waals surface area contributed by atoms with Crippen LogP contribution in [-0.4, -0.2) is 15.5 Å². The largest absolute Gasteiger partial charge is 0.347 e. The lowest BCUT2D eigenvalue weighted by atomic mass is 9.96. The van der Waals surface area contributed by atoms with E-state index in [2.05, 4.69) is 16.4 Å². The van der Waals surface area contributed by atoms with E-state index in [9.17, 15) is 9.59 Å². The van der Waals surface area contributed by atoms with E-state index in [-0.39, 0.29) is 18.5 Å². The maximum Gasteiger partial charge on any atom is 0.347 e. The average molecular weight is 317 g/mol. The summed E-state index contributed by atoms with van der Waals surface area (Å²) in [7, 11) is 0. The van der Waals surface area contributed by atoms with Gasteiger partial charge in [-0.15, -0.1) is 11.3 Å². The van der Waals surface area contributed by atoms with Gasteiger partial charge >= 0.3 is 5.69 Å². The molecule has 1 unspecified atom stereocenters. The van der Waals surface area contributed by atoms with E-state index in [0.29, 0.717) is 5.92 Å². The highest BCUT2D eigenvalue weighted by Crippen LogP contribution is 2.37. The number of thiophene rings is 1. The second-order valence-electron chi connectivity index (χ2n) is 5.64. The molecule has 0 aromatic carbocycles. The van der Waals surface area contributed by atoms with E-state index in [1.54, 1.807) is 23.6 Å². The van der Waals surface area contributed by atoms with Crippen LogP contribution in [0.5, 0.6) is 0 Å². The summed E-state index contributed by atoms with van der Waals surface area (Å²) < 4.78 is 1.33. The van der Waals surface area contributed by atoms with Crippen molar-refractivity contribution in [1.82, 2.24) is 14.9 Å². The fourth-order valence-electron chi connectivity index (χ4n) is 3.06. The first-order chi connectivity index (χ1) is 10.7. The third-order valence-corrected chi connectivity index (χ3v) is 5.09. The molecule has 3 rings (SSSR count). The van der Waals surface area contributed by atoms with Crippen LogP contribution >= 0.6 is 11.3 Å². The van der Waals surface area contributed by atoms with Crippen molar-refractivity contribution in [3.05, 3.63) is 51.3 Å². The van der Waals surface area contributed by atoms with Crippen molar-refractivity contribution in [3.8, 4) is 0 Å². The van der Waals surface area contributed by atoms with Crippen molar-refractivity contribution >= 4 is 17.2 Å². The Morgan fingerprint density at radius 3 is 2.91 bits per heavy atom. The van der Waals surface area contributed by atoms with E-state index >= 15 is 0 Å². The van der Waals surface area contributed by atoms with Crippen LogP contribution in [0.4, 0.5) is 0 Å². The molecule has 5 nitrogen and oxygen atoms in total. The molecular formula is C16H19N3O2S. The molecule has 1 atom stereocenters. The minimum absolute atomic E-state index is 0.0151. The van der Waals surface area contributed by atoms with Crippen molar-refractivity contribution in [2.24, 2.45) is 5.92 Å². The van der Waals surface area contributed by atoms with Crippen molar-refractivity contribution in [2.75, 3.05) is 0 Å². The van der Waals surface area contributed by atoms with Gasteiger partial charge in [0.05, 0.1) is 6.04 Å². The van der Waals surface area contributed by atoms with Gasteiger partial charge in [-0.3, -0.25) is 9.36 Å². The van der Waals surface area contributed by atoms with Gasteiger partial charge in [0.1, 0.15) is 6.54 Å². The van der Waals surface area contributed by atoms with E-state index in [0.717, 1.165) is 12.8 Å². The Labute approximate surface area is 133 Å². The molecule has 6 heteroatoms. The van der Waals surface area contributed by atoms with Gasteiger partial charge in [-0.2, -0.15) is 0 Å². The Bertz CT molecular complexity index is 675. The topological polar surface area (TPSA) is 64.0 Å². The van der Waals surface area contributed by atoms with Gasteiger partial charge in [0, 0.05) is 17.3 Å². The summed E-state index contributed by atoms with van der Waals surface area (Å²) in [5, 5.41) is 5.16. The normalized spacial score (nSPS) is 16.5. The highest BCUT2D eigenvalue weighted by Gasteiger charge is 2.28. The Hall–Kier alpha value is -1.95. The molecule has 1 amide bonds. The molecule has 0 aliphatic heterocycles. The van der Waals surface area contributed by atoms with Gasteiger partial charge in [-0.05, 0) is 36.3 Å². The summed E-state index contributed by atoms with van der Waals surface area (Å²) >= 11 is 1.67. The minimum atomic E-state index is -0.397. The second kappa shape index (κ2) is 6.87. The molecule has 0 spiro atoms. The molecule has 2 heterocycles. The zero-order valence-electron chi connectivity index (χ0n) is 12.3. The first-order valence-corrected chi connectivity index (χ1v) is 8.46. The predicted molar refractivity (Wildman–Crippen MR) is 85.7 cm³/mol. The summed E-state index contributed by atoms with van der Waals surface area (Å²) in [6.45, 7) is 0.0151. The molecule has 0 bridgehead atoms. The predicted octanol–water partition coefficient (Wildman–Crippen LogP) is 2.35. The Morgan fingerprint density at radius 2 is 2.23 bits per heavy atom. The Kier molecular flexibility index (Phi) is 4.68. The molecule has 2 aromatic rings. The maximum absolute atomic E-state index is 12.3. The first-order valence-electron chi connectivity index (χ1n) is 7.58. The summed E-state index contributed by atoms with van der Waals surface area (Å²) in [4.78, 5) is 28.8. The summed E-state index contributed by atoms with van der Waals surface area (Å²) in [5.41, 5.74) is -0.397. The molecular weight excluding hydrogens is 298 g/mol. The smallest absolute Gasteiger partial charge is 0.347 e. The SMILES string of the molecule is O=C(Cn1cccnc1=O)NC(c1cccs1)C1CCCC1. The standard InChI is InChI=1S/C16H19N3O2S/c20-14(11-19-9-4-8-17-16(19)21)18-15(12-5-1-2-6-12)13-7-3-10-22-13/h3-4,7-10,12,15H,1-2,5-6,11H2,(H,18,20). The lowest BCUT2D eigenvalue weighted by Crippen LogP contribution is -2.37. The van der Waals surface area contributed by atoms with Crippen LogP contribution in [0.1, 0.15) is 36.6 Å². The zero-order chi connectivity index (χ0) is 15.4. The monoisotopic (exact) mass is 317 g/mol. The molecule has 1 N–H and O–H groups in total.